The summed E-state index contributed by atoms with van der Waals surface area (Å²) in [6.45, 7) is 6.04. The molecule has 1 unspecified atom stereocenters. The topological polar surface area (TPSA) is 33.3 Å². The number of hydrogen-bond acceptors (Lipinski definition) is 3. The Labute approximate surface area is 102 Å². The summed E-state index contributed by atoms with van der Waals surface area (Å²) < 4.78 is 18.9. The molecule has 1 aromatic rings. The summed E-state index contributed by atoms with van der Waals surface area (Å²) in [5, 5.41) is 6.40. The summed E-state index contributed by atoms with van der Waals surface area (Å²) in [4.78, 5) is 0. The SMILES string of the molecule is CCNCC(NC)c1ccc(OCC)c(F)c1. The molecule has 3 nitrogen and oxygen atoms in total. The van der Waals surface area contributed by atoms with E-state index in [1.807, 2.05) is 27.0 Å². The van der Waals surface area contributed by atoms with Crippen LogP contribution in [0.1, 0.15) is 25.5 Å². The maximum Gasteiger partial charge on any atom is 0.165 e. The van der Waals surface area contributed by atoms with E-state index in [4.69, 9.17) is 4.74 Å². The van der Waals surface area contributed by atoms with E-state index in [1.54, 1.807) is 6.07 Å². The van der Waals surface area contributed by atoms with Gasteiger partial charge in [0, 0.05) is 12.6 Å². The standard InChI is InChI=1S/C13H21FN2O/c1-4-16-9-12(15-3)10-6-7-13(17-5-2)11(14)8-10/h6-8,12,15-16H,4-5,9H2,1-3H3. The first-order chi connectivity index (χ1) is 8.22. The van der Waals surface area contributed by atoms with Crippen molar-refractivity contribution in [3.8, 4) is 5.75 Å². The van der Waals surface area contributed by atoms with Crippen molar-refractivity contribution in [3.05, 3.63) is 29.6 Å². The quantitative estimate of drug-likeness (QED) is 0.765. The molecule has 0 aromatic heterocycles. The van der Waals surface area contributed by atoms with Crippen molar-refractivity contribution in [2.24, 2.45) is 0 Å². The van der Waals surface area contributed by atoms with Crippen LogP contribution in [0.25, 0.3) is 0 Å². The van der Waals surface area contributed by atoms with Crippen LogP contribution >= 0.6 is 0 Å². The minimum absolute atomic E-state index is 0.111. The van der Waals surface area contributed by atoms with E-state index in [-0.39, 0.29) is 11.9 Å². The Bertz CT molecular complexity index is 344. The van der Waals surface area contributed by atoms with Crippen molar-refractivity contribution in [1.29, 1.82) is 0 Å². The molecule has 0 bridgehead atoms. The fourth-order valence-electron chi connectivity index (χ4n) is 1.68. The molecular formula is C13H21FN2O. The van der Waals surface area contributed by atoms with Gasteiger partial charge in [0.2, 0.25) is 0 Å². The Balaban J connectivity index is 2.79. The Kier molecular flexibility index (Phi) is 5.94. The Morgan fingerprint density at radius 3 is 2.65 bits per heavy atom. The number of benzene rings is 1. The zero-order valence-electron chi connectivity index (χ0n) is 10.7. The van der Waals surface area contributed by atoms with Crippen molar-refractivity contribution in [2.45, 2.75) is 19.9 Å². The van der Waals surface area contributed by atoms with Gasteiger partial charge in [0.05, 0.1) is 6.61 Å². The highest BCUT2D eigenvalue weighted by Gasteiger charge is 2.11. The average Bonchev–Trinajstić information content (AvgIpc) is 2.33. The third-order valence-corrected chi connectivity index (χ3v) is 2.61. The molecule has 0 aliphatic heterocycles. The Morgan fingerprint density at radius 2 is 2.12 bits per heavy atom. The van der Waals surface area contributed by atoms with Crippen LogP contribution in [-0.4, -0.2) is 26.7 Å². The van der Waals surface area contributed by atoms with Gasteiger partial charge in [-0.2, -0.15) is 0 Å². The Morgan fingerprint density at radius 1 is 1.35 bits per heavy atom. The van der Waals surface area contributed by atoms with Gasteiger partial charge in [-0.25, -0.2) is 4.39 Å². The highest BCUT2D eigenvalue weighted by molar-refractivity contribution is 5.31. The number of rotatable bonds is 7. The van der Waals surface area contributed by atoms with Crippen LogP contribution < -0.4 is 15.4 Å². The molecule has 0 aliphatic carbocycles. The van der Waals surface area contributed by atoms with Crippen LogP contribution in [0.5, 0.6) is 5.75 Å². The zero-order valence-corrected chi connectivity index (χ0v) is 10.7. The summed E-state index contributed by atoms with van der Waals surface area (Å²) in [6.07, 6.45) is 0. The van der Waals surface area contributed by atoms with Crippen molar-refractivity contribution in [2.75, 3.05) is 26.7 Å². The van der Waals surface area contributed by atoms with Crippen LogP contribution in [0.2, 0.25) is 0 Å². The summed E-state index contributed by atoms with van der Waals surface area (Å²) in [7, 11) is 1.87. The van der Waals surface area contributed by atoms with Gasteiger partial charge >= 0.3 is 0 Å². The van der Waals surface area contributed by atoms with Crippen LogP contribution in [-0.2, 0) is 0 Å². The number of likely N-dealkylation sites (N-methyl/N-ethyl adjacent to an activating group) is 2. The van der Waals surface area contributed by atoms with Gasteiger partial charge in [0.25, 0.3) is 0 Å². The van der Waals surface area contributed by atoms with Gasteiger partial charge in [0.1, 0.15) is 0 Å². The lowest BCUT2D eigenvalue weighted by atomic mass is 10.1. The fraction of sp³-hybridized carbons (Fsp3) is 0.538. The second kappa shape index (κ2) is 7.25. The molecule has 1 rings (SSSR count). The largest absolute Gasteiger partial charge is 0.491 e. The molecule has 0 saturated carbocycles. The second-order valence-corrected chi connectivity index (χ2v) is 3.77. The van der Waals surface area contributed by atoms with Crippen molar-refractivity contribution >= 4 is 0 Å². The van der Waals surface area contributed by atoms with Gasteiger partial charge in [0.15, 0.2) is 11.6 Å². The summed E-state index contributed by atoms with van der Waals surface area (Å²) in [5.41, 5.74) is 0.925. The second-order valence-electron chi connectivity index (χ2n) is 3.77. The molecule has 1 aromatic carbocycles. The number of hydrogen-bond donors (Lipinski definition) is 2. The summed E-state index contributed by atoms with van der Waals surface area (Å²) >= 11 is 0. The third kappa shape index (κ3) is 3.98. The van der Waals surface area contributed by atoms with Crippen LogP contribution in [0.3, 0.4) is 0 Å². The molecule has 0 aliphatic rings. The summed E-state index contributed by atoms with van der Waals surface area (Å²) in [6, 6.07) is 5.22. The van der Waals surface area contributed by atoms with Crippen molar-refractivity contribution in [1.82, 2.24) is 10.6 Å². The molecule has 0 amide bonds. The lowest BCUT2D eigenvalue weighted by molar-refractivity contribution is 0.321. The molecule has 0 radical (unpaired) electrons. The number of ether oxygens (including phenoxy) is 1. The van der Waals surface area contributed by atoms with E-state index in [1.165, 1.54) is 6.07 Å². The van der Waals surface area contributed by atoms with Crippen LogP contribution in [0.15, 0.2) is 18.2 Å². The molecule has 0 fully saturated rings. The zero-order chi connectivity index (χ0) is 12.7. The Hall–Kier alpha value is -1.13. The highest BCUT2D eigenvalue weighted by Crippen LogP contribution is 2.21. The lowest BCUT2D eigenvalue weighted by Crippen LogP contribution is -2.29. The monoisotopic (exact) mass is 240 g/mol. The maximum atomic E-state index is 13.7. The lowest BCUT2D eigenvalue weighted by Gasteiger charge is -2.17. The van der Waals surface area contributed by atoms with E-state index >= 15 is 0 Å². The van der Waals surface area contributed by atoms with Gasteiger partial charge in [-0.3, -0.25) is 0 Å². The fourth-order valence-corrected chi connectivity index (χ4v) is 1.68. The minimum Gasteiger partial charge on any atom is -0.491 e. The smallest absolute Gasteiger partial charge is 0.165 e. The van der Waals surface area contributed by atoms with E-state index in [9.17, 15) is 4.39 Å². The maximum absolute atomic E-state index is 13.7. The third-order valence-electron chi connectivity index (χ3n) is 2.61. The van der Waals surface area contributed by atoms with Gasteiger partial charge in [-0.15, -0.1) is 0 Å². The molecule has 0 saturated heterocycles. The molecule has 0 spiro atoms. The van der Waals surface area contributed by atoms with E-state index in [0.717, 1.165) is 18.7 Å². The first kappa shape index (κ1) is 13.9. The number of nitrogens with one attached hydrogen (secondary N) is 2. The van der Waals surface area contributed by atoms with Gasteiger partial charge < -0.3 is 15.4 Å². The van der Waals surface area contributed by atoms with Crippen molar-refractivity contribution in [3.63, 3.8) is 0 Å². The summed E-state index contributed by atoms with van der Waals surface area (Å²) in [5.74, 6) is 0.00986. The molecule has 96 valence electrons. The minimum atomic E-state index is -0.305. The van der Waals surface area contributed by atoms with E-state index in [0.29, 0.717) is 12.4 Å². The molecule has 17 heavy (non-hydrogen) atoms. The van der Waals surface area contributed by atoms with Gasteiger partial charge in [-0.05, 0) is 38.2 Å². The predicted molar refractivity (Wildman–Crippen MR) is 67.9 cm³/mol. The number of halogens is 1. The molecule has 0 heterocycles. The van der Waals surface area contributed by atoms with Crippen molar-refractivity contribution < 1.29 is 9.13 Å². The highest BCUT2D eigenvalue weighted by atomic mass is 19.1. The molecule has 4 heteroatoms. The van der Waals surface area contributed by atoms with E-state index in [2.05, 4.69) is 10.6 Å². The molecular weight excluding hydrogens is 219 g/mol. The van der Waals surface area contributed by atoms with Gasteiger partial charge in [-0.1, -0.05) is 13.0 Å². The first-order valence-electron chi connectivity index (χ1n) is 6.03. The molecule has 2 N–H and O–H groups in total. The van der Waals surface area contributed by atoms with E-state index < -0.39 is 0 Å². The average molecular weight is 240 g/mol. The first-order valence-corrected chi connectivity index (χ1v) is 6.03. The van der Waals surface area contributed by atoms with Crippen LogP contribution in [0.4, 0.5) is 4.39 Å². The predicted octanol–water partition coefficient (Wildman–Crippen LogP) is 2.09. The van der Waals surface area contributed by atoms with Crippen LogP contribution in [0, 0.1) is 5.82 Å². The molecule has 1 atom stereocenters. The normalized spacial score (nSPS) is 12.5.